The molecule has 1 amide bonds. The maximum Gasteiger partial charge on any atom is 0.254 e. The second-order valence-electron chi connectivity index (χ2n) is 8.19. The van der Waals surface area contributed by atoms with Crippen LogP contribution in [0.1, 0.15) is 53.6 Å². The number of rotatable bonds is 4. The number of amides is 1. The van der Waals surface area contributed by atoms with Crippen molar-refractivity contribution in [2.24, 2.45) is 11.3 Å². The highest BCUT2D eigenvalue weighted by atomic mass is 32.1. The SMILES string of the molecule is CN(CCc1ccncc1)C(=O)c1csc2c1CCC(C(C)(C)C)C2. The normalized spacial score (nSPS) is 17.2. The van der Waals surface area contributed by atoms with Crippen molar-refractivity contribution >= 4 is 17.2 Å². The van der Waals surface area contributed by atoms with Crippen molar-refractivity contribution in [3.8, 4) is 0 Å². The van der Waals surface area contributed by atoms with E-state index >= 15 is 0 Å². The average molecular weight is 357 g/mol. The summed E-state index contributed by atoms with van der Waals surface area (Å²) in [6.45, 7) is 7.72. The third kappa shape index (κ3) is 4.12. The molecule has 25 heavy (non-hydrogen) atoms. The van der Waals surface area contributed by atoms with E-state index in [1.807, 2.05) is 24.1 Å². The molecule has 0 spiro atoms. The van der Waals surface area contributed by atoms with Gasteiger partial charge in [0.25, 0.3) is 5.91 Å². The van der Waals surface area contributed by atoms with Crippen molar-refractivity contribution in [2.75, 3.05) is 13.6 Å². The van der Waals surface area contributed by atoms with Gasteiger partial charge in [0.2, 0.25) is 0 Å². The van der Waals surface area contributed by atoms with Crippen molar-refractivity contribution in [1.82, 2.24) is 9.88 Å². The molecule has 0 aromatic carbocycles. The Morgan fingerprint density at radius 1 is 1.32 bits per heavy atom. The summed E-state index contributed by atoms with van der Waals surface area (Å²) < 4.78 is 0. The van der Waals surface area contributed by atoms with Gasteiger partial charge in [-0.05, 0) is 60.3 Å². The van der Waals surface area contributed by atoms with Gasteiger partial charge in [-0.3, -0.25) is 9.78 Å². The van der Waals surface area contributed by atoms with Crippen LogP contribution in [0.25, 0.3) is 0 Å². The van der Waals surface area contributed by atoms with Gasteiger partial charge in [0.15, 0.2) is 0 Å². The van der Waals surface area contributed by atoms with Crippen LogP contribution in [-0.4, -0.2) is 29.4 Å². The lowest BCUT2D eigenvalue weighted by Gasteiger charge is -2.34. The van der Waals surface area contributed by atoms with Gasteiger partial charge in [-0.15, -0.1) is 11.3 Å². The standard InChI is InChI=1S/C21H28N2OS/c1-21(2,3)16-5-6-17-18(14-25-19(17)13-16)20(24)23(4)12-9-15-7-10-22-11-8-15/h7-8,10-11,14,16H,5-6,9,12-13H2,1-4H3. The Kier molecular flexibility index (Phi) is 5.28. The first-order valence-electron chi connectivity index (χ1n) is 9.10. The van der Waals surface area contributed by atoms with Crippen LogP contribution in [0.3, 0.4) is 0 Å². The Balaban J connectivity index is 1.66. The summed E-state index contributed by atoms with van der Waals surface area (Å²) in [5.41, 5.74) is 3.80. The number of aromatic nitrogens is 1. The van der Waals surface area contributed by atoms with Gasteiger partial charge < -0.3 is 4.90 Å². The Bertz CT molecular complexity index is 730. The fourth-order valence-electron chi connectivity index (χ4n) is 3.58. The lowest BCUT2D eigenvalue weighted by atomic mass is 9.72. The van der Waals surface area contributed by atoms with E-state index in [-0.39, 0.29) is 5.91 Å². The Morgan fingerprint density at radius 2 is 2.04 bits per heavy atom. The number of hydrogen-bond acceptors (Lipinski definition) is 3. The first kappa shape index (κ1) is 18.1. The van der Waals surface area contributed by atoms with Crippen LogP contribution in [0, 0.1) is 11.3 Å². The molecule has 0 saturated carbocycles. The van der Waals surface area contributed by atoms with Gasteiger partial charge in [0, 0.05) is 36.2 Å². The number of nitrogens with zero attached hydrogens (tertiary/aromatic N) is 2. The molecule has 1 aliphatic carbocycles. The van der Waals surface area contributed by atoms with Crippen LogP contribution in [0.2, 0.25) is 0 Å². The smallest absolute Gasteiger partial charge is 0.254 e. The minimum atomic E-state index is 0.167. The maximum absolute atomic E-state index is 12.9. The maximum atomic E-state index is 12.9. The fraction of sp³-hybridized carbons (Fsp3) is 0.524. The lowest BCUT2D eigenvalue weighted by Crippen LogP contribution is -2.30. The number of pyridine rings is 1. The highest BCUT2D eigenvalue weighted by Gasteiger charge is 2.32. The molecule has 0 N–H and O–H groups in total. The number of hydrogen-bond donors (Lipinski definition) is 0. The van der Waals surface area contributed by atoms with Crippen LogP contribution >= 0.6 is 11.3 Å². The number of thiophene rings is 1. The van der Waals surface area contributed by atoms with Gasteiger partial charge in [-0.1, -0.05) is 20.8 Å². The molecule has 1 aliphatic rings. The van der Waals surface area contributed by atoms with Crippen molar-refractivity contribution in [3.05, 3.63) is 51.5 Å². The Morgan fingerprint density at radius 3 is 2.72 bits per heavy atom. The quantitative estimate of drug-likeness (QED) is 0.801. The minimum Gasteiger partial charge on any atom is -0.341 e. The molecular weight excluding hydrogens is 328 g/mol. The third-order valence-electron chi connectivity index (χ3n) is 5.44. The predicted molar refractivity (Wildman–Crippen MR) is 104 cm³/mol. The molecule has 4 heteroatoms. The molecule has 2 aromatic rings. The van der Waals surface area contributed by atoms with Crippen molar-refractivity contribution in [2.45, 2.75) is 46.5 Å². The van der Waals surface area contributed by atoms with Crippen molar-refractivity contribution in [3.63, 3.8) is 0 Å². The molecule has 0 bridgehead atoms. The lowest BCUT2D eigenvalue weighted by molar-refractivity contribution is 0.0795. The van der Waals surface area contributed by atoms with Gasteiger partial charge in [0.1, 0.15) is 0 Å². The number of fused-ring (bicyclic) bond motifs is 1. The van der Waals surface area contributed by atoms with Gasteiger partial charge in [0.05, 0.1) is 5.56 Å². The fourth-order valence-corrected chi connectivity index (χ4v) is 4.74. The molecule has 3 nitrogen and oxygen atoms in total. The van der Waals surface area contributed by atoms with E-state index in [0.29, 0.717) is 11.3 Å². The summed E-state index contributed by atoms with van der Waals surface area (Å²) in [5, 5.41) is 2.08. The van der Waals surface area contributed by atoms with E-state index in [1.165, 1.54) is 22.4 Å². The molecule has 0 aliphatic heterocycles. The zero-order chi connectivity index (χ0) is 18.0. The monoisotopic (exact) mass is 356 g/mol. The summed E-state index contributed by atoms with van der Waals surface area (Å²) in [4.78, 5) is 20.2. The summed E-state index contributed by atoms with van der Waals surface area (Å²) >= 11 is 1.78. The zero-order valence-electron chi connectivity index (χ0n) is 15.7. The molecule has 134 valence electrons. The molecule has 0 fully saturated rings. The molecular formula is C21H28N2OS. The minimum absolute atomic E-state index is 0.167. The van der Waals surface area contributed by atoms with Crippen LogP contribution in [0.15, 0.2) is 29.9 Å². The molecule has 2 aromatic heterocycles. The zero-order valence-corrected chi connectivity index (χ0v) is 16.5. The van der Waals surface area contributed by atoms with E-state index < -0.39 is 0 Å². The Labute approximate surface area is 155 Å². The number of likely N-dealkylation sites (N-methyl/N-ethyl adjacent to an activating group) is 1. The highest BCUT2D eigenvalue weighted by Crippen LogP contribution is 2.40. The first-order chi connectivity index (χ1) is 11.9. The van der Waals surface area contributed by atoms with Crippen LogP contribution < -0.4 is 0 Å². The highest BCUT2D eigenvalue weighted by molar-refractivity contribution is 7.10. The molecule has 0 saturated heterocycles. The largest absolute Gasteiger partial charge is 0.341 e. The molecule has 1 unspecified atom stereocenters. The van der Waals surface area contributed by atoms with Crippen LogP contribution in [0.4, 0.5) is 0 Å². The summed E-state index contributed by atoms with van der Waals surface area (Å²) in [6, 6.07) is 4.02. The summed E-state index contributed by atoms with van der Waals surface area (Å²) in [6.07, 6.45) is 7.82. The number of carbonyl (C=O) groups excluding carboxylic acids is 1. The van der Waals surface area contributed by atoms with E-state index in [4.69, 9.17) is 0 Å². The van der Waals surface area contributed by atoms with E-state index in [2.05, 4.69) is 31.1 Å². The van der Waals surface area contributed by atoms with Gasteiger partial charge >= 0.3 is 0 Å². The number of carbonyl (C=O) groups is 1. The van der Waals surface area contributed by atoms with Gasteiger partial charge in [-0.25, -0.2) is 0 Å². The Hall–Kier alpha value is -1.68. The van der Waals surface area contributed by atoms with Crippen molar-refractivity contribution in [1.29, 1.82) is 0 Å². The van der Waals surface area contributed by atoms with E-state index in [9.17, 15) is 4.79 Å². The second kappa shape index (κ2) is 7.28. The summed E-state index contributed by atoms with van der Waals surface area (Å²) in [7, 11) is 1.91. The van der Waals surface area contributed by atoms with Crippen LogP contribution in [0.5, 0.6) is 0 Å². The topological polar surface area (TPSA) is 33.2 Å². The van der Waals surface area contributed by atoms with E-state index in [1.54, 1.807) is 23.7 Å². The molecule has 2 heterocycles. The second-order valence-corrected chi connectivity index (χ2v) is 9.15. The first-order valence-corrected chi connectivity index (χ1v) is 9.98. The molecule has 0 radical (unpaired) electrons. The van der Waals surface area contributed by atoms with Crippen LogP contribution in [-0.2, 0) is 19.3 Å². The molecule has 1 atom stereocenters. The van der Waals surface area contributed by atoms with Crippen molar-refractivity contribution < 1.29 is 4.79 Å². The summed E-state index contributed by atoms with van der Waals surface area (Å²) in [5.74, 6) is 0.881. The third-order valence-corrected chi connectivity index (χ3v) is 6.49. The van der Waals surface area contributed by atoms with Gasteiger partial charge in [-0.2, -0.15) is 0 Å². The average Bonchev–Trinajstić information content (AvgIpc) is 3.02. The van der Waals surface area contributed by atoms with E-state index in [0.717, 1.165) is 31.4 Å². The molecule has 3 rings (SSSR count). The predicted octanol–water partition coefficient (Wildman–Crippen LogP) is 4.61.